The number of carbonyl (C=O) groups is 2. The molecule has 1 N–H and O–H groups in total. The molecule has 0 aliphatic rings. The standard InChI is InChI=1S/C17H17ClN2O3/c1-2-23-17(22)13-9-10-19-15(11-13)20-16(21)8-5-12-3-6-14(18)7-4-12/h3-4,6-7,9-11H,2,5,8H2,1H3,(H,19,20,21). The first-order valence-electron chi connectivity index (χ1n) is 7.26. The minimum Gasteiger partial charge on any atom is -0.462 e. The lowest BCUT2D eigenvalue weighted by Gasteiger charge is -2.06. The summed E-state index contributed by atoms with van der Waals surface area (Å²) in [5.41, 5.74) is 1.38. The predicted octanol–water partition coefficient (Wildman–Crippen LogP) is 3.48. The molecule has 6 heteroatoms. The Morgan fingerprint density at radius 2 is 1.96 bits per heavy atom. The molecule has 0 aliphatic carbocycles. The lowest BCUT2D eigenvalue weighted by atomic mass is 10.1. The summed E-state index contributed by atoms with van der Waals surface area (Å²) < 4.78 is 4.91. The van der Waals surface area contributed by atoms with E-state index in [-0.39, 0.29) is 5.91 Å². The number of benzene rings is 1. The van der Waals surface area contributed by atoms with Crippen molar-refractivity contribution in [3.63, 3.8) is 0 Å². The number of aromatic nitrogens is 1. The van der Waals surface area contributed by atoms with E-state index in [1.165, 1.54) is 12.3 Å². The Morgan fingerprint density at radius 3 is 2.65 bits per heavy atom. The molecular formula is C17H17ClN2O3. The van der Waals surface area contributed by atoms with E-state index in [1.807, 2.05) is 12.1 Å². The van der Waals surface area contributed by atoms with Crippen LogP contribution >= 0.6 is 11.6 Å². The summed E-state index contributed by atoms with van der Waals surface area (Å²) in [6, 6.07) is 10.4. The Kier molecular flexibility index (Phi) is 6.11. The molecule has 0 unspecified atom stereocenters. The summed E-state index contributed by atoms with van der Waals surface area (Å²) in [6.07, 6.45) is 2.37. The van der Waals surface area contributed by atoms with Crippen LogP contribution in [0.2, 0.25) is 5.02 Å². The second-order valence-corrected chi connectivity index (χ2v) is 5.26. The van der Waals surface area contributed by atoms with E-state index in [0.717, 1.165) is 5.56 Å². The van der Waals surface area contributed by atoms with Crippen LogP contribution in [0, 0.1) is 0 Å². The van der Waals surface area contributed by atoms with Crippen LogP contribution in [0.3, 0.4) is 0 Å². The fraction of sp³-hybridized carbons (Fsp3) is 0.235. The van der Waals surface area contributed by atoms with Gasteiger partial charge in [-0.2, -0.15) is 0 Å². The van der Waals surface area contributed by atoms with Gasteiger partial charge in [-0.05, 0) is 43.2 Å². The average molecular weight is 333 g/mol. The zero-order valence-electron chi connectivity index (χ0n) is 12.7. The van der Waals surface area contributed by atoms with Crippen molar-refractivity contribution in [3.05, 3.63) is 58.7 Å². The van der Waals surface area contributed by atoms with E-state index < -0.39 is 5.97 Å². The summed E-state index contributed by atoms with van der Waals surface area (Å²) in [5.74, 6) is -0.281. The van der Waals surface area contributed by atoms with Gasteiger partial charge in [0.05, 0.1) is 12.2 Å². The molecule has 0 spiro atoms. The van der Waals surface area contributed by atoms with Crippen molar-refractivity contribution < 1.29 is 14.3 Å². The minimum atomic E-state index is -0.438. The number of amides is 1. The molecule has 0 fully saturated rings. The molecular weight excluding hydrogens is 316 g/mol. The molecule has 0 bridgehead atoms. The van der Waals surface area contributed by atoms with Crippen molar-refractivity contribution >= 4 is 29.3 Å². The third-order valence-corrected chi connectivity index (χ3v) is 3.34. The normalized spacial score (nSPS) is 10.2. The van der Waals surface area contributed by atoms with Gasteiger partial charge in [-0.25, -0.2) is 9.78 Å². The topological polar surface area (TPSA) is 68.3 Å². The predicted molar refractivity (Wildman–Crippen MR) is 88.6 cm³/mol. The van der Waals surface area contributed by atoms with Crippen molar-refractivity contribution in [2.45, 2.75) is 19.8 Å². The Bertz CT molecular complexity index is 686. The van der Waals surface area contributed by atoms with Gasteiger partial charge >= 0.3 is 5.97 Å². The number of carbonyl (C=O) groups excluding carboxylic acids is 2. The van der Waals surface area contributed by atoms with E-state index in [0.29, 0.717) is 35.9 Å². The lowest BCUT2D eigenvalue weighted by Crippen LogP contribution is -2.14. The zero-order valence-corrected chi connectivity index (χ0v) is 13.5. The molecule has 1 amide bonds. The number of esters is 1. The molecule has 120 valence electrons. The average Bonchev–Trinajstić information content (AvgIpc) is 2.55. The number of nitrogens with one attached hydrogen (secondary N) is 1. The van der Waals surface area contributed by atoms with Gasteiger partial charge in [0.25, 0.3) is 0 Å². The molecule has 1 aromatic heterocycles. The molecule has 1 aromatic carbocycles. The van der Waals surface area contributed by atoms with Crippen LogP contribution in [0.1, 0.15) is 29.3 Å². The summed E-state index contributed by atoms with van der Waals surface area (Å²) in [4.78, 5) is 27.6. The second-order valence-electron chi connectivity index (χ2n) is 4.82. The second kappa shape index (κ2) is 8.29. The fourth-order valence-corrected chi connectivity index (χ4v) is 2.08. The number of aryl methyl sites for hydroxylation is 1. The summed E-state index contributed by atoms with van der Waals surface area (Å²) in [6.45, 7) is 2.03. The van der Waals surface area contributed by atoms with Crippen molar-refractivity contribution in [1.29, 1.82) is 0 Å². The summed E-state index contributed by atoms with van der Waals surface area (Å²) in [7, 11) is 0. The number of halogens is 1. The number of hydrogen-bond donors (Lipinski definition) is 1. The first-order valence-corrected chi connectivity index (χ1v) is 7.63. The van der Waals surface area contributed by atoms with Gasteiger partial charge in [-0.1, -0.05) is 23.7 Å². The van der Waals surface area contributed by atoms with Gasteiger partial charge in [0.2, 0.25) is 5.91 Å². The van der Waals surface area contributed by atoms with Gasteiger partial charge in [0, 0.05) is 17.6 Å². The van der Waals surface area contributed by atoms with Gasteiger partial charge < -0.3 is 10.1 Å². The van der Waals surface area contributed by atoms with Crippen LogP contribution in [0.15, 0.2) is 42.6 Å². The molecule has 0 atom stereocenters. The maximum atomic E-state index is 12.0. The molecule has 2 aromatic rings. The number of rotatable bonds is 6. The van der Waals surface area contributed by atoms with Gasteiger partial charge in [0.15, 0.2) is 0 Å². The summed E-state index contributed by atoms with van der Waals surface area (Å²) in [5, 5.41) is 3.34. The van der Waals surface area contributed by atoms with Crippen molar-refractivity contribution in [3.8, 4) is 0 Å². The van der Waals surface area contributed by atoms with E-state index in [9.17, 15) is 9.59 Å². The third kappa shape index (κ3) is 5.38. The highest BCUT2D eigenvalue weighted by Crippen LogP contribution is 2.12. The molecule has 0 radical (unpaired) electrons. The van der Waals surface area contributed by atoms with Gasteiger partial charge in [0.1, 0.15) is 5.82 Å². The van der Waals surface area contributed by atoms with Gasteiger partial charge in [-0.15, -0.1) is 0 Å². The monoisotopic (exact) mass is 332 g/mol. The van der Waals surface area contributed by atoms with E-state index in [2.05, 4.69) is 10.3 Å². The van der Waals surface area contributed by atoms with Gasteiger partial charge in [-0.3, -0.25) is 4.79 Å². The number of anilines is 1. The Morgan fingerprint density at radius 1 is 1.22 bits per heavy atom. The molecule has 0 saturated heterocycles. The number of ether oxygens (including phenoxy) is 1. The Labute approximate surface area is 139 Å². The third-order valence-electron chi connectivity index (χ3n) is 3.09. The quantitative estimate of drug-likeness (QED) is 0.822. The van der Waals surface area contributed by atoms with E-state index in [4.69, 9.17) is 16.3 Å². The minimum absolute atomic E-state index is 0.173. The van der Waals surface area contributed by atoms with Crippen molar-refractivity contribution in [2.24, 2.45) is 0 Å². The Hall–Kier alpha value is -2.40. The largest absolute Gasteiger partial charge is 0.462 e. The number of hydrogen-bond acceptors (Lipinski definition) is 4. The molecule has 2 rings (SSSR count). The first-order chi connectivity index (χ1) is 11.1. The molecule has 5 nitrogen and oxygen atoms in total. The van der Waals surface area contributed by atoms with Crippen LogP contribution in [0.4, 0.5) is 5.82 Å². The Balaban J connectivity index is 1.91. The van der Waals surface area contributed by atoms with Crippen LogP contribution < -0.4 is 5.32 Å². The van der Waals surface area contributed by atoms with Crippen LogP contribution in [0.5, 0.6) is 0 Å². The maximum Gasteiger partial charge on any atom is 0.338 e. The van der Waals surface area contributed by atoms with Crippen LogP contribution in [-0.2, 0) is 16.0 Å². The number of nitrogens with zero attached hydrogens (tertiary/aromatic N) is 1. The molecule has 0 aliphatic heterocycles. The SMILES string of the molecule is CCOC(=O)c1ccnc(NC(=O)CCc2ccc(Cl)cc2)c1. The highest BCUT2D eigenvalue weighted by molar-refractivity contribution is 6.30. The first kappa shape index (κ1) is 17.0. The number of pyridine rings is 1. The van der Waals surface area contributed by atoms with Crippen molar-refractivity contribution in [2.75, 3.05) is 11.9 Å². The van der Waals surface area contributed by atoms with Crippen LogP contribution in [0.25, 0.3) is 0 Å². The highest BCUT2D eigenvalue weighted by atomic mass is 35.5. The molecule has 23 heavy (non-hydrogen) atoms. The maximum absolute atomic E-state index is 12.0. The molecule has 1 heterocycles. The van der Waals surface area contributed by atoms with E-state index >= 15 is 0 Å². The summed E-state index contributed by atoms with van der Waals surface area (Å²) >= 11 is 5.82. The fourth-order valence-electron chi connectivity index (χ4n) is 1.95. The molecule has 0 saturated carbocycles. The smallest absolute Gasteiger partial charge is 0.338 e. The van der Waals surface area contributed by atoms with Crippen molar-refractivity contribution in [1.82, 2.24) is 4.98 Å². The highest BCUT2D eigenvalue weighted by Gasteiger charge is 2.09. The zero-order chi connectivity index (χ0) is 16.7. The van der Waals surface area contributed by atoms with E-state index in [1.54, 1.807) is 25.1 Å². The lowest BCUT2D eigenvalue weighted by molar-refractivity contribution is -0.116. The van der Waals surface area contributed by atoms with Crippen LogP contribution in [-0.4, -0.2) is 23.5 Å².